The number of carbonyl (C=O) groups is 1. The molecule has 0 unspecified atom stereocenters. The summed E-state index contributed by atoms with van der Waals surface area (Å²) in [6, 6.07) is 10.2. The number of ether oxygens (including phenoxy) is 2. The van der Waals surface area contributed by atoms with Crippen LogP contribution in [-0.4, -0.2) is 13.2 Å². The maximum atomic E-state index is 11.7. The monoisotopic (exact) mass is 339 g/mol. The highest BCUT2D eigenvalue weighted by Crippen LogP contribution is 2.43. The number of carbonyl (C=O) groups excluding carboxylic acids is 1. The number of benzene rings is 2. The lowest BCUT2D eigenvalue weighted by Gasteiger charge is -2.17. The highest BCUT2D eigenvalue weighted by molar-refractivity contribution is 5.86. The van der Waals surface area contributed by atoms with Crippen molar-refractivity contribution in [3.8, 4) is 5.75 Å². The summed E-state index contributed by atoms with van der Waals surface area (Å²) in [6.45, 7) is 6.68. The van der Waals surface area contributed by atoms with Crippen LogP contribution in [0.1, 0.15) is 46.6 Å². The van der Waals surface area contributed by atoms with Gasteiger partial charge in [0.15, 0.2) is 0 Å². The van der Waals surface area contributed by atoms with Crippen molar-refractivity contribution in [3.05, 3.63) is 58.1 Å². The topological polar surface area (TPSA) is 47.6 Å². The summed E-state index contributed by atoms with van der Waals surface area (Å²) in [6.07, 6.45) is 1.92. The van der Waals surface area contributed by atoms with Gasteiger partial charge in [-0.25, -0.2) is 4.79 Å². The molecule has 2 aromatic rings. The Morgan fingerprint density at radius 1 is 1.12 bits per heavy atom. The van der Waals surface area contributed by atoms with Gasteiger partial charge in [0.05, 0.1) is 12.8 Å². The van der Waals surface area contributed by atoms with E-state index in [1.54, 1.807) is 0 Å². The number of rotatable bonds is 5. The summed E-state index contributed by atoms with van der Waals surface area (Å²) < 4.78 is 10.9. The van der Waals surface area contributed by atoms with Crippen LogP contribution in [-0.2, 0) is 11.3 Å². The second-order valence-corrected chi connectivity index (χ2v) is 6.75. The molecule has 0 radical (unpaired) electrons. The predicted octanol–water partition coefficient (Wildman–Crippen LogP) is 5.25. The Hall–Kier alpha value is -2.49. The van der Waals surface area contributed by atoms with E-state index in [0.717, 1.165) is 22.6 Å². The third-order valence-electron chi connectivity index (χ3n) is 4.81. The molecule has 0 atom stereocenters. The third kappa shape index (κ3) is 3.95. The maximum absolute atomic E-state index is 11.7. The molecule has 3 rings (SSSR count). The van der Waals surface area contributed by atoms with Crippen molar-refractivity contribution in [2.24, 2.45) is 0 Å². The molecule has 1 aliphatic carbocycles. The van der Waals surface area contributed by atoms with E-state index in [2.05, 4.69) is 44.3 Å². The molecule has 0 aliphatic heterocycles. The van der Waals surface area contributed by atoms with E-state index in [0.29, 0.717) is 12.5 Å². The van der Waals surface area contributed by atoms with Gasteiger partial charge in [0, 0.05) is 5.56 Å². The van der Waals surface area contributed by atoms with E-state index in [1.165, 1.54) is 36.6 Å². The molecule has 0 heterocycles. The molecular weight excluding hydrogens is 314 g/mol. The van der Waals surface area contributed by atoms with Gasteiger partial charge in [0.2, 0.25) is 0 Å². The Morgan fingerprint density at radius 3 is 2.52 bits per heavy atom. The van der Waals surface area contributed by atoms with Crippen LogP contribution in [0.5, 0.6) is 5.75 Å². The van der Waals surface area contributed by atoms with Gasteiger partial charge in [-0.1, -0.05) is 18.2 Å². The molecule has 1 N–H and O–H groups in total. The lowest BCUT2D eigenvalue weighted by Crippen LogP contribution is -2.14. The lowest BCUT2D eigenvalue weighted by molar-refractivity contribution is 0.187. The minimum Gasteiger partial charge on any atom is -0.489 e. The normalized spacial score (nSPS) is 13.4. The van der Waals surface area contributed by atoms with Crippen LogP contribution in [0.15, 0.2) is 30.3 Å². The molecule has 0 aromatic heterocycles. The van der Waals surface area contributed by atoms with E-state index in [9.17, 15) is 4.79 Å². The van der Waals surface area contributed by atoms with Crippen molar-refractivity contribution in [2.45, 2.75) is 46.1 Å². The fourth-order valence-corrected chi connectivity index (χ4v) is 3.06. The van der Waals surface area contributed by atoms with E-state index >= 15 is 0 Å². The molecule has 0 spiro atoms. The van der Waals surface area contributed by atoms with Gasteiger partial charge in [-0.3, -0.25) is 5.32 Å². The van der Waals surface area contributed by atoms with Gasteiger partial charge in [0.1, 0.15) is 12.4 Å². The summed E-state index contributed by atoms with van der Waals surface area (Å²) >= 11 is 0. The van der Waals surface area contributed by atoms with E-state index in [4.69, 9.17) is 9.47 Å². The summed E-state index contributed by atoms with van der Waals surface area (Å²) in [7, 11) is 1.37. The first kappa shape index (κ1) is 17.3. The Kier molecular flexibility index (Phi) is 4.98. The van der Waals surface area contributed by atoms with Crippen molar-refractivity contribution in [3.63, 3.8) is 0 Å². The molecule has 25 heavy (non-hydrogen) atoms. The van der Waals surface area contributed by atoms with Gasteiger partial charge in [-0.15, -0.1) is 0 Å². The van der Waals surface area contributed by atoms with E-state index in [-0.39, 0.29) is 0 Å². The zero-order valence-corrected chi connectivity index (χ0v) is 15.3. The van der Waals surface area contributed by atoms with Gasteiger partial charge < -0.3 is 9.47 Å². The Labute approximate surface area is 149 Å². The number of nitrogens with one attached hydrogen (secondary N) is 1. The SMILES string of the molecule is COC(=O)Nc1cccc(C2CC2)c1COc1cc(C)c(C)cc1C. The number of amides is 1. The van der Waals surface area contributed by atoms with E-state index in [1.807, 2.05) is 12.1 Å². The molecule has 1 amide bonds. The Morgan fingerprint density at radius 2 is 1.84 bits per heavy atom. The number of anilines is 1. The highest BCUT2D eigenvalue weighted by atomic mass is 16.5. The van der Waals surface area contributed by atoms with Crippen molar-refractivity contribution in [2.75, 3.05) is 12.4 Å². The van der Waals surface area contributed by atoms with Crippen molar-refractivity contribution < 1.29 is 14.3 Å². The van der Waals surface area contributed by atoms with Crippen LogP contribution in [0.2, 0.25) is 0 Å². The number of methoxy groups -OCH3 is 1. The minimum atomic E-state index is -0.462. The largest absolute Gasteiger partial charge is 0.489 e. The second-order valence-electron chi connectivity index (χ2n) is 6.75. The number of hydrogen-bond acceptors (Lipinski definition) is 3. The number of hydrogen-bond donors (Lipinski definition) is 1. The van der Waals surface area contributed by atoms with Crippen molar-refractivity contribution >= 4 is 11.8 Å². The molecule has 4 heteroatoms. The third-order valence-corrected chi connectivity index (χ3v) is 4.81. The van der Waals surface area contributed by atoms with Gasteiger partial charge in [-0.05, 0) is 73.9 Å². The van der Waals surface area contributed by atoms with E-state index < -0.39 is 6.09 Å². The first-order chi connectivity index (χ1) is 12.0. The quantitative estimate of drug-likeness (QED) is 0.809. The van der Waals surface area contributed by atoms with Crippen LogP contribution < -0.4 is 10.1 Å². The Balaban J connectivity index is 1.88. The average Bonchev–Trinajstić information content (AvgIpc) is 3.42. The predicted molar refractivity (Wildman–Crippen MR) is 99.4 cm³/mol. The first-order valence-electron chi connectivity index (χ1n) is 8.67. The molecule has 1 aliphatic rings. The molecule has 2 aromatic carbocycles. The molecular formula is C21H25NO3. The van der Waals surface area contributed by atoms with Crippen molar-refractivity contribution in [1.29, 1.82) is 0 Å². The van der Waals surface area contributed by atoms with Crippen molar-refractivity contribution in [1.82, 2.24) is 0 Å². The summed E-state index contributed by atoms with van der Waals surface area (Å²) in [5.74, 6) is 1.46. The molecule has 1 fully saturated rings. The molecule has 4 nitrogen and oxygen atoms in total. The zero-order valence-electron chi connectivity index (χ0n) is 15.3. The minimum absolute atomic E-state index is 0.426. The standard InChI is InChI=1S/C21H25NO3/c1-13-10-15(3)20(11-14(13)2)25-12-18-17(16-8-9-16)6-5-7-19(18)22-21(23)24-4/h5-7,10-11,16H,8-9,12H2,1-4H3,(H,22,23). The van der Waals surface area contributed by atoms with Crippen LogP contribution in [0.3, 0.4) is 0 Å². The molecule has 132 valence electrons. The second kappa shape index (κ2) is 7.18. The molecule has 0 bridgehead atoms. The van der Waals surface area contributed by atoms with Crippen LogP contribution in [0.4, 0.5) is 10.5 Å². The molecule has 1 saturated carbocycles. The maximum Gasteiger partial charge on any atom is 0.411 e. The van der Waals surface area contributed by atoms with Crippen LogP contribution in [0, 0.1) is 20.8 Å². The summed E-state index contributed by atoms with van der Waals surface area (Å²) in [5.41, 5.74) is 6.65. The van der Waals surface area contributed by atoms with Crippen LogP contribution in [0.25, 0.3) is 0 Å². The fraction of sp³-hybridized carbons (Fsp3) is 0.381. The van der Waals surface area contributed by atoms with Gasteiger partial charge >= 0.3 is 6.09 Å². The zero-order chi connectivity index (χ0) is 18.0. The highest BCUT2D eigenvalue weighted by Gasteiger charge is 2.27. The summed E-state index contributed by atoms with van der Waals surface area (Å²) in [4.78, 5) is 11.7. The Bertz CT molecular complexity index is 794. The van der Waals surface area contributed by atoms with Crippen LogP contribution >= 0.6 is 0 Å². The average molecular weight is 339 g/mol. The number of aryl methyl sites for hydroxylation is 3. The lowest BCUT2D eigenvalue weighted by atomic mass is 10.0. The first-order valence-corrected chi connectivity index (χ1v) is 8.67. The van der Waals surface area contributed by atoms with Gasteiger partial charge in [0.25, 0.3) is 0 Å². The fourth-order valence-electron chi connectivity index (χ4n) is 3.06. The smallest absolute Gasteiger partial charge is 0.411 e. The summed E-state index contributed by atoms with van der Waals surface area (Å²) in [5, 5.41) is 2.81. The van der Waals surface area contributed by atoms with Gasteiger partial charge in [-0.2, -0.15) is 0 Å². The molecule has 0 saturated heterocycles.